The predicted octanol–water partition coefficient (Wildman–Crippen LogP) is 11.4. The van der Waals surface area contributed by atoms with Crippen molar-refractivity contribution >= 4 is 5.91 Å². The van der Waals surface area contributed by atoms with Crippen LogP contribution in [-0.4, -0.2) is 46.1 Å². The Labute approximate surface area is 292 Å². The van der Waals surface area contributed by atoms with Crippen LogP contribution in [0.15, 0.2) is 24.3 Å². The SMILES string of the molecule is CCCCC/C=C/CC/C=C/C(O)C(CO)NC(=O)CC(O)CCCCCCCCCCCCCCCCCCCCCCCCC. The highest BCUT2D eigenvalue weighted by Gasteiger charge is 2.20. The van der Waals surface area contributed by atoms with Gasteiger partial charge < -0.3 is 20.6 Å². The average molecular weight is 664 g/mol. The minimum absolute atomic E-state index is 0.00900. The molecule has 0 bridgehead atoms. The molecule has 0 aliphatic carbocycles. The number of rotatable bonds is 37. The summed E-state index contributed by atoms with van der Waals surface area (Å²) in [5.41, 5.74) is 0. The summed E-state index contributed by atoms with van der Waals surface area (Å²) in [5.74, 6) is -0.326. The van der Waals surface area contributed by atoms with Gasteiger partial charge in [-0.05, 0) is 32.1 Å². The lowest BCUT2D eigenvalue weighted by Crippen LogP contribution is -2.45. The molecule has 0 heterocycles. The van der Waals surface area contributed by atoms with Gasteiger partial charge in [0.25, 0.3) is 0 Å². The van der Waals surface area contributed by atoms with Crippen molar-refractivity contribution in [2.24, 2.45) is 0 Å². The van der Waals surface area contributed by atoms with Crippen molar-refractivity contribution in [3.63, 3.8) is 0 Å². The van der Waals surface area contributed by atoms with Gasteiger partial charge in [0, 0.05) is 0 Å². The molecule has 5 heteroatoms. The quantitative estimate of drug-likeness (QED) is 0.0393. The minimum Gasteiger partial charge on any atom is -0.394 e. The number of hydrogen-bond donors (Lipinski definition) is 4. The van der Waals surface area contributed by atoms with E-state index in [0.29, 0.717) is 6.42 Å². The molecule has 0 radical (unpaired) electrons. The molecule has 3 atom stereocenters. The maximum atomic E-state index is 12.4. The second-order valence-corrected chi connectivity index (χ2v) is 14.2. The topological polar surface area (TPSA) is 89.8 Å². The molecule has 0 saturated carbocycles. The Morgan fingerprint density at radius 3 is 1.36 bits per heavy atom. The number of amides is 1. The zero-order valence-electron chi connectivity index (χ0n) is 31.4. The smallest absolute Gasteiger partial charge is 0.222 e. The van der Waals surface area contributed by atoms with Crippen molar-refractivity contribution in [2.45, 2.75) is 231 Å². The summed E-state index contributed by atoms with van der Waals surface area (Å²) in [6.07, 6.45) is 44.8. The molecule has 0 spiro atoms. The Hall–Kier alpha value is -1.17. The van der Waals surface area contributed by atoms with Gasteiger partial charge in [-0.1, -0.05) is 199 Å². The Morgan fingerprint density at radius 2 is 0.915 bits per heavy atom. The van der Waals surface area contributed by atoms with Crippen LogP contribution in [-0.2, 0) is 4.79 Å². The van der Waals surface area contributed by atoms with Gasteiger partial charge in [0.2, 0.25) is 5.91 Å². The summed E-state index contributed by atoms with van der Waals surface area (Å²) in [6, 6.07) is -0.755. The Bertz CT molecular complexity index is 694. The fourth-order valence-electron chi connectivity index (χ4n) is 6.30. The van der Waals surface area contributed by atoms with Gasteiger partial charge in [0.1, 0.15) is 0 Å². The number of hydrogen-bond acceptors (Lipinski definition) is 4. The highest BCUT2D eigenvalue weighted by Crippen LogP contribution is 2.16. The van der Waals surface area contributed by atoms with Crippen LogP contribution in [0.5, 0.6) is 0 Å². The Balaban J connectivity index is 3.57. The van der Waals surface area contributed by atoms with Crippen LogP contribution in [0.2, 0.25) is 0 Å². The standard InChI is InChI=1S/C42H81NO4/c1-3-5-7-9-11-13-14-15-16-17-18-19-20-21-22-23-24-25-26-28-29-31-33-35-39(45)37-42(47)43-40(38-44)41(46)36-34-32-30-27-12-10-8-6-4-2/h12,27,34,36,39-41,44-46H,3-11,13-26,28-33,35,37-38H2,1-2H3,(H,43,47)/b27-12+,36-34+. The fourth-order valence-corrected chi connectivity index (χ4v) is 6.30. The van der Waals surface area contributed by atoms with Gasteiger partial charge in [-0.25, -0.2) is 0 Å². The number of aliphatic hydroxyl groups is 3. The molecular weight excluding hydrogens is 582 g/mol. The second-order valence-electron chi connectivity index (χ2n) is 14.2. The lowest BCUT2D eigenvalue weighted by Gasteiger charge is -2.21. The second kappa shape index (κ2) is 37.6. The van der Waals surface area contributed by atoms with Crippen LogP contribution >= 0.6 is 0 Å². The lowest BCUT2D eigenvalue weighted by atomic mass is 10.0. The van der Waals surface area contributed by atoms with E-state index in [1.165, 1.54) is 154 Å². The largest absolute Gasteiger partial charge is 0.394 e. The van der Waals surface area contributed by atoms with Gasteiger partial charge in [-0.15, -0.1) is 0 Å². The molecule has 4 N–H and O–H groups in total. The van der Waals surface area contributed by atoms with E-state index in [-0.39, 0.29) is 18.9 Å². The maximum Gasteiger partial charge on any atom is 0.222 e. The van der Waals surface area contributed by atoms with Gasteiger partial charge in [-0.2, -0.15) is 0 Å². The Kier molecular flexibility index (Phi) is 36.7. The van der Waals surface area contributed by atoms with E-state index >= 15 is 0 Å². The number of unbranched alkanes of at least 4 members (excludes halogenated alkanes) is 26. The number of allylic oxidation sites excluding steroid dienone is 3. The summed E-state index contributed by atoms with van der Waals surface area (Å²) in [4.78, 5) is 12.4. The fraction of sp³-hybridized carbons (Fsp3) is 0.881. The molecule has 0 fully saturated rings. The van der Waals surface area contributed by atoms with Crippen molar-refractivity contribution in [3.05, 3.63) is 24.3 Å². The van der Waals surface area contributed by atoms with E-state index in [2.05, 4.69) is 31.3 Å². The molecule has 278 valence electrons. The molecule has 1 amide bonds. The van der Waals surface area contributed by atoms with E-state index in [1.54, 1.807) is 6.08 Å². The van der Waals surface area contributed by atoms with Crippen molar-refractivity contribution in [1.82, 2.24) is 5.32 Å². The molecule has 0 aromatic rings. The molecule has 0 aromatic heterocycles. The van der Waals surface area contributed by atoms with E-state index in [9.17, 15) is 20.1 Å². The number of carbonyl (C=O) groups excluding carboxylic acids is 1. The highest BCUT2D eigenvalue weighted by atomic mass is 16.3. The van der Waals surface area contributed by atoms with Crippen LogP contribution in [0.3, 0.4) is 0 Å². The van der Waals surface area contributed by atoms with Crippen molar-refractivity contribution in [3.8, 4) is 0 Å². The zero-order chi connectivity index (χ0) is 34.5. The van der Waals surface area contributed by atoms with E-state index < -0.39 is 18.2 Å². The molecule has 0 aliphatic rings. The van der Waals surface area contributed by atoms with Crippen molar-refractivity contribution in [1.29, 1.82) is 0 Å². The van der Waals surface area contributed by atoms with E-state index in [0.717, 1.165) is 32.1 Å². The van der Waals surface area contributed by atoms with Gasteiger partial charge in [0.05, 0.1) is 31.3 Å². The van der Waals surface area contributed by atoms with E-state index in [4.69, 9.17) is 0 Å². The third kappa shape index (κ3) is 34.5. The molecule has 0 aromatic carbocycles. The molecule has 5 nitrogen and oxygen atoms in total. The summed E-state index contributed by atoms with van der Waals surface area (Å²) in [7, 11) is 0. The van der Waals surface area contributed by atoms with Crippen molar-refractivity contribution < 1.29 is 20.1 Å². The van der Waals surface area contributed by atoms with Crippen molar-refractivity contribution in [2.75, 3.05) is 6.61 Å². The molecule has 0 rings (SSSR count). The molecule has 0 saturated heterocycles. The van der Waals surface area contributed by atoms with Gasteiger partial charge in [0.15, 0.2) is 0 Å². The normalized spacial score (nSPS) is 13.9. The molecular formula is C42H81NO4. The molecule has 3 unspecified atom stereocenters. The molecule has 0 aliphatic heterocycles. The summed E-state index contributed by atoms with van der Waals surface area (Å²) < 4.78 is 0. The lowest BCUT2D eigenvalue weighted by molar-refractivity contribution is -0.124. The first kappa shape index (κ1) is 45.8. The van der Waals surface area contributed by atoms with Gasteiger partial charge in [-0.3, -0.25) is 4.79 Å². The summed E-state index contributed by atoms with van der Waals surface area (Å²) in [6.45, 7) is 4.15. The minimum atomic E-state index is -0.946. The number of nitrogens with one attached hydrogen (secondary N) is 1. The third-order valence-electron chi connectivity index (χ3n) is 9.49. The highest BCUT2D eigenvalue weighted by molar-refractivity contribution is 5.76. The van der Waals surface area contributed by atoms with Crippen LogP contribution in [0, 0.1) is 0 Å². The molecule has 47 heavy (non-hydrogen) atoms. The summed E-state index contributed by atoms with van der Waals surface area (Å²) in [5, 5.41) is 33.0. The Morgan fingerprint density at radius 1 is 0.532 bits per heavy atom. The summed E-state index contributed by atoms with van der Waals surface area (Å²) >= 11 is 0. The van der Waals surface area contributed by atoms with Crippen LogP contribution < -0.4 is 5.32 Å². The predicted molar refractivity (Wildman–Crippen MR) is 204 cm³/mol. The third-order valence-corrected chi connectivity index (χ3v) is 9.49. The number of carbonyl (C=O) groups is 1. The first-order valence-corrected chi connectivity index (χ1v) is 20.6. The first-order valence-electron chi connectivity index (χ1n) is 20.6. The average Bonchev–Trinajstić information content (AvgIpc) is 3.06. The van der Waals surface area contributed by atoms with Crippen LogP contribution in [0.1, 0.15) is 213 Å². The number of aliphatic hydroxyl groups excluding tert-OH is 3. The first-order chi connectivity index (χ1) is 23.0. The van der Waals surface area contributed by atoms with E-state index in [1.807, 2.05) is 6.08 Å². The van der Waals surface area contributed by atoms with Gasteiger partial charge >= 0.3 is 0 Å². The monoisotopic (exact) mass is 664 g/mol. The maximum absolute atomic E-state index is 12.4. The van der Waals surface area contributed by atoms with Crippen LogP contribution in [0.25, 0.3) is 0 Å². The zero-order valence-corrected chi connectivity index (χ0v) is 31.4. The van der Waals surface area contributed by atoms with Crippen LogP contribution in [0.4, 0.5) is 0 Å².